The summed E-state index contributed by atoms with van der Waals surface area (Å²) in [6.07, 6.45) is 1.89. The summed E-state index contributed by atoms with van der Waals surface area (Å²) in [5.41, 5.74) is 3.17. The number of furan rings is 1. The number of nitrogens with zero attached hydrogens (tertiary/aromatic N) is 1. The SMILES string of the molecule is CC(C)c1ccc([C@H](C)NC(=O)Cc2csc(-c3ccco3)n2)cc1. The second-order valence-corrected chi connectivity index (χ2v) is 7.27. The zero-order chi connectivity index (χ0) is 17.8. The Kier molecular flexibility index (Phi) is 5.34. The molecule has 1 atom stereocenters. The van der Waals surface area contributed by atoms with Crippen LogP contribution in [0.15, 0.2) is 52.5 Å². The lowest BCUT2D eigenvalue weighted by Crippen LogP contribution is -2.28. The van der Waals surface area contributed by atoms with Gasteiger partial charge in [0.25, 0.3) is 0 Å². The zero-order valence-electron chi connectivity index (χ0n) is 14.7. The summed E-state index contributed by atoms with van der Waals surface area (Å²) in [6.45, 7) is 6.34. The number of rotatable bonds is 6. The molecule has 0 aliphatic heterocycles. The van der Waals surface area contributed by atoms with Crippen LogP contribution in [-0.2, 0) is 11.2 Å². The van der Waals surface area contributed by atoms with Crippen molar-refractivity contribution < 1.29 is 9.21 Å². The monoisotopic (exact) mass is 354 g/mol. The molecule has 4 nitrogen and oxygen atoms in total. The number of hydrogen-bond acceptors (Lipinski definition) is 4. The van der Waals surface area contributed by atoms with Crippen molar-refractivity contribution in [2.75, 3.05) is 0 Å². The summed E-state index contributed by atoms with van der Waals surface area (Å²) in [4.78, 5) is 16.8. The normalized spacial score (nSPS) is 12.3. The fraction of sp³-hybridized carbons (Fsp3) is 0.300. The predicted molar refractivity (Wildman–Crippen MR) is 101 cm³/mol. The van der Waals surface area contributed by atoms with E-state index in [0.717, 1.165) is 22.0 Å². The molecule has 0 saturated carbocycles. The fourth-order valence-corrected chi connectivity index (χ4v) is 3.40. The Bertz CT molecular complexity index is 820. The summed E-state index contributed by atoms with van der Waals surface area (Å²) in [7, 11) is 0. The smallest absolute Gasteiger partial charge is 0.226 e. The quantitative estimate of drug-likeness (QED) is 0.682. The maximum atomic E-state index is 12.3. The van der Waals surface area contributed by atoms with Gasteiger partial charge in [0, 0.05) is 5.38 Å². The van der Waals surface area contributed by atoms with Crippen molar-refractivity contribution in [2.45, 2.75) is 39.2 Å². The number of hydrogen-bond donors (Lipinski definition) is 1. The van der Waals surface area contributed by atoms with Gasteiger partial charge in [-0.3, -0.25) is 4.79 Å². The van der Waals surface area contributed by atoms with Crippen LogP contribution in [0.1, 0.15) is 49.6 Å². The minimum Gasteiger partial charge on any atom is -0.462 e. The van der Waals surface area contributed by atoms with Crippen molar-refractivity contribution in [1.29, 1.82) is 0 Å². The van der Waals surface area contributed by atoms with Gasteiger partial charge in [-0.05, 0) is 36.1 Å². The molecule has 5 heteroatoms. The molecule has 0 aliphatic rings. The third-order valence-electron chi connectivity index (χ3n) is 4.11. The van der Waals surface area contributed by atoms with Gasteiger partial charge in [-0.1, -0.05) is 38.1 Å². The number of aromatic nitrogens is 1. The first kappa shape index (κ1) is 17.4. The van der Waals surface area contributed by atoms with E-state index in [2.05, 4.69) is 48.4 Å². The third-order valence-corrected chi connectivity index (χ3v) is 5.01. The molecule has 3 aromatic rings. The van der Waals surface area contributed by atoms with Crippen LogP contribution in [0.5, 0.6) is 0 Å². The first-order valence-corrected chi connectivity index (χ1v) is 9.28. The van der Waals surface area contributed by atoms with Crippen LogP contribution in [0.25, 0.3) is 10.8 Å². The molecule has 1 N–H and O–H groups in total. The Morgan fingerprint density at radius 2 is 1.88 bits per heavy atom. The van der Waals surface area contributed by atoms with Crippen LogP contribution >= 0.6 is 11.3 Å². The number of thiazole rings is 1. The van der Waals surface area contributed by atoms with Crippen molar-refractivity contribution in [3.8, 4) is 10.8 Å². The second-order valence-electron chi connectivity index (χ2n) is 6.41. The highest BCUT2D eigenvalue weighted by Gasteiger charge is 2.13. The highest BCUT2D eigenvalue weighted by atomic mass is 32.1. The van der Waals surface area contributed by atoms with E-state index >= 15 is 0 Å². The molecule has 0 aliphatic carbocycles. The fourth-order valence-electron chi connectivity index (χ4n) is 2.61. The van der Waals surface area contributed by atoms with Crippen molar-refractivity contribution in [2.24, 2.45) is 0 Å². The first-order valence-electron chi connectivity index (χ1n) is 8.40. The standard InChI is InChI=1S/C20H22N2O2S/c1-13(2)15-6-8-16(9-7-15)14(3)21-19(23)11-17-12-25-20(22-17)18-5-4-10-24-18/h4-10,12-14H,11H2,1-3H3,(H,21,23)/t14-/m0/s1. The van der Waals surface area contributed by atoms with Crippen molar-refractivity contribution in [3.63, 3.8) is 0 Å². The summed E-state index contributed by atoms with van der Waals surface area (Å²) in [6, 6.07) is 12.1. The lowest BCUT2D eigenvalue weighted by atomic mass is 9.99. The Balaban J connectivity index is 1.58. The molecular weight excluding hydrogens is 332 g/mol. The molecule has 1 aromatic carbocycles. The molecule has 0 radical (unpaired) electrons. The molecule has 2 heterocycles. The van der Waals surface area contributed by atoms with Gasteiger partial charge in [-0.15, -0.1) is 11.3 Å². The van der Waals surface area contributed by atoms with Gasteiger partial charge in [0.05, 0.1) is 24.4 Å². The van der Waals surface area contributed by atoms with Gasteiger partial charge in [0.2, 0.25) is 5.91 Å². The number of carbonyl (C=O) groups is 1. The number of amides is 1. The van der Waals surface area contributed by atoms with Gasteiger partial charge in [-0.25, -0.2) is 4.98 Å². The summed E-state index contributed by atoms with van der Waals surface area (Å²) in [5.74, 6) is 1.21. The molecular formula is C20H22N2O2S. The molecule has 0 unspecified atom stereocenters. The molecule has 0 saturated heterocycles. The topological polar surface area (TPSA) is 55.1 Å². The van der Waals surface area contributed by atoms with Crippen LogP contribution in [0.4, 0.5) is 0 Å². The summed E-state index contributed by atoms with van der Waals surface area (Å²) >= 11 is 1.48. The van der Waals surface area contributed by atoms with E-state index in [-0.39, 0.29) is 18.4 Å². The summed E-state index contributed by atoms with van der Waals surface area (Å²) < 4.78 is 5.33. The van der Waals surface area contributed by atoms with Crippen LogP contribution in [-0.4, -0.2) is 10.9 Å². The Hall–Kier alpha value is -2.40. The van der Waals surface area contributed by atoms with Crippen LogP contribution in [0, 0.1) is 0 Å². The van der Waals surface area contributed by atoms with Crippen LogP contribution in [0.2, 0.25) is 0 Å². The van der Waals surface area contributed by atoms with E-state index in [0.29, 0.717) is 5.92 Å². The molecule has 130 valence electrons. The van der Waals surface area contributed by atoms with E-state index < -0.39 is 0 Å². The van der Waals surface area contributed by atoms with Gasteiger partial charge >= 0.3 is 0 Å². The Morgan fingerprint density at radius 3 is 2.52 bits per heavy atom. The molecule has 0 fully saturated rings. The lowest BCUT2D eigenvalue weighted by Gasteiger charge is -2.15. The maximum absolute atomic E-state index is 12.3. The van der Waals surface area contributed by atoms with E-state index in [1.54, 1.807) is 6.26 Å². The largest absolute Gasteiger partial charge is 0.462 e. The molecule has 1 amide bonds. The van der Waals surface area contributed by atoms with E-state index in [4.69, 9.17) is 4.42 Å². The van der Waals surface area contributed by atoms with Crippen molar-refractivity contribution >= 4 is 17.2 Å². The number of nitrogens with one attached hydrogen (secondary N) is 1. The van der Waals surface area contributed by atoms with Crippen molar-refractivity contribution in [3.05, 3.63) is 64.9 Å². The third kappa shape index (κ3) is 4.37. The minimum atomic E-state index is -0.0308. The molecule has 25 heavy (non-hydrogen) atoms. The highest BCUT2D eigenvalue weighted by Crippen LogP contribution is 2.24. The Labute approximate surface area is 151 Å². The average Bonchev–Trinajstić information content (AvgIpc) is 3.26. The van der Waals surface area contributed by atoms with Gasteiger partial charge < -0.3 is 9.73 Å². The van der Waals surface area contributed by atoms with E-state index in [9.17, 15) is 4.79 Å². The molecule has 0 bridgehead atoms. The highest BCUT2D eigenvalue weighted by molar-refractivity contribution is 7.13. The van der Waals surface area contributed by atoms with Gasteiger partial charge in [0.1, 0.15) is 0 Å². The Morgan fingerprint density at radius 1 is 1.16 bits per heavy atom. The van der Waals surface area contributed by atoms with Gasteiger partial charge in [0.15, 0.2) is 10.8 Å². The maximum Gasteiger partial charge on any atom is 0.226 e. The summed E-state index contributed by atoms with van der Waals surface area (Å²) in [5, 5.41) is 5.74. The lowest BCUT2D eigenvalue weighted by molar-refractivity contribution is -0.121. The number of carbonyl (C=O) groups excluding carboxylic acids is 1. The minimum absolute atomic E-state index is 0.0307. The van der Waals surface area contributed by atoms with Crippen molar-refractivity contribution in [1.82, 2.24) is 10.3 Å². The molecule has 0 spiro atoms. The van der Waals surface area contributed by atoms with E-state index in [1.165, 1.54) is 16.9 Å². The average molecular weight is 354 g/mol. The van der Waals surface area contributed by atoms with Gasteiger partial charge in [-0.2, -0.15) is 0 Å². The molecule has 2 aromatic heterocycles. The molecule has 3 rings (SSSR count). The predicted octanol–water partition coefficient (Wildman–Crippen LogP) is 4.95. The van der Waals surface area contributed by atoms with Crippen LogP contribution < -0.4 is 5.32 Å². The zero-order valence-corrected chi connectivity index (χ0v) is 15.5. The number of benzene rings is 1. The van der Waals surface area contributed by atoms with E-state index in [1.807, 2.05) is 24.4 Å². The first-order chi connectivity index (χ1) is 12.0. The van der Waals surface area contributed by atoms with Crippen LogP contribution in [0.3, 0.4) is 0 Å². The second kappa shape index (κ2) is 7.66.